The van der Waals surface area contributed by atoms with E-state index in [1.54, 1.807) is 0 Å². The molecular weight excluding hydrogens is 402 g/mol. The minimum atomic E-state index is -4.77. The van der Waals surface area contributed by atoms with E-state index in [1.807, 2.05) is 4.90 Å². The van der Waals surface area contributed by atoms with Crippen LogP contribution in [-0.4, -0.2) is 55.2 Å². The standard InChI is InChI=1S/C17H21F4N3O3S/c18-13-4-3-11(17(19,20)21)10-15(13)28(26,27)23-8-5-12(6-9-23)24-7-1-2-14(24)16(22)25/h3-4,10,12,14H,1-2,5-9H2,(H2,22,25). The van der Waals surface area contributed by atoms with Gasteiger partial charge in [0.1, 0.15) is 10.7 Å². The Labute approximate surface area is 160 Å². The van der Waals surface area contributed by atoms with Crippen molar-refractivity contribution < 1.29 is 30.8 Å². The second-order valence-electron chi connectivity index (χ2n) is 7.08. The zero-order valence-corrected chi connectivity index (χ0v) is 15.8. The topological polar surface area (TPSA) is 83.7 Å². The molecule has 1 unspecified atom stereocenters. The minimum Gasteiger partial charge on any atom is -0.368 e. The Kier molecular flexibility index (Phi) is 5.70. The van der Waals surface area contributed by atoms with Crippen molar-refractivity contribution >= 4 is 15.9 Å². The summed E-state index contributed by atoms with van der Waals surface area (Å²) < 4.78 is 79.1. The van der Waals surface area contributed by atoms with E-state index in [9.17, 15) is 30.8 Å². The zero-order valence-electron chi connectivity index (χ0n) is 15.0. The number of carbonyl (C=O) groups excluding carboxylic acids is 1. The number of amides is 1. The molecule has 28 heavy (non-hydrogen) atoms. The van der Waals surface area contributed by atoms with Crippen molar-refractivity contribution in [3.05, 3.63) is 29.6 Å². The van der Waals surface area contributed by atoms with E-state index in [1.165, 1.54) is 0 Å². The molecule has 0 aliphatic carbocycles. The van der Waals surface area contributed by atoms with Crippen LogP contribution in [0.2, 0.25) is 0 Å². The van der Waals surface area contributed by atoms with Crippen LogP contribution in [0, 0.1) is 5.82 Å². The molecule has 2 aliphatic rings. The highest BCUT2D eigenvalue weighted by atomic mass is 32.2. The van der Waals surface area contributed by atoms with Gasteiger partial charge in [0.05, 0.1) is 11.6 Å². The van der Waals surface area contributed by atoms with Gasteiger partial charge in [-0.3, -0.25) is 9.69 Å². The Balaban J connectivity index is 1.76. The van der Waals surface area contributed by atoms with Crippen molar-refractivity contribution in [2.45, 2.75) is 48.8 Å². The van der Waals surface area contributed by atoms with Crippen LogP contribution in [0.1, 0.15) is 31.2 Å². The molecule has 0 aromatic heterocycles. The zero-order chi connectivity index (χ0) is 20.7. The molecule has 3 rings (SSSR count). The first kappa shape index (κ1) is 21.0. The monoisotopic (exact) mass is 423 g/mol. The van der Waals surface area contributed by atoms with Gasteiger partial charge in [0.2, 0.25) is 15.9 Å². The third kappa shape index (κ3) is 4.01. The number of rotatable bonds is 4. The first-order valence-electron chi connectivity index (χ1n) is 8.94. The maximum Gasteiger partial charge on any atom is 0.416 e. The number of likely N-dealkylation sites (tertiary alicyclic amines) is 1. The van der Waals surface area contributed by atoms with Gasteiger partial charge in [-0.05, 0) is 50.4 Å². The molecule has 1 atom stereocenters. The molecule has 0 bridgehead atoms. The fraction of sp³-hybridized carbons (Fsp3) is 0.588. The van der Waals surface area contributed by atoms with Gasteiger partial charge >= 0.3 is 6.18 Å². The molecule has 0 radical (unpaired) electrons. The van der Waals surface area contributed by atoms with Crippen LogP contribution in [0.4, 0.5) is 17.6 Å². The highest BCUT2D eigenvalue weighted by molar-refractivity contribution is 7.89. The number of hydrogen-bond acceptors (Lipinski definition) is 4. The predicted octanol–water partition coefficient (Wildman–Crippen LogP) is 1.95. The molecule has 2 aliphatic heterocycles. The number of nitrogens with two attached hydrogens (primary N) is 1. The maximum absolute atomic E-state index is 14.0. The third-order valence-electron chi connectivity index (χ3n) is 5.39. The van der Waals surface area contributed by atoms with Crippen LogP contribution in [0.25, 0.3) is 0 Å². The molecule has 1 aromatic rings. The summed E-state index contributed by atoms with van der Waals surface area (Å²) in [5.74, 6) is -1.64. The summed E-state index contributed by atoms with van der Waals surface area (Å²) in [6.45, 7) is 0.753. The summed E-state index contributed by atoms with van der Waals surface area (Å²) in [6, 6.07) is 0.939. The Bertz CT molecular complexity index is 852. The summed E-state index contributed by atoms with van der Waals surface area (Å²) in [7, 11) is -4.40. The summed E-state index contributed by atoms with van der Waals surface area (Å²) in [5, 5.41) is 0. The molecule has 156 valence electrons. The van der Waals surface area contributed by atoms with Crippen molar-refractivity contribution in [1.82, 2.24) is 9.21 Å². The normalized spacial score (nSPS) is 23.2. The number of nitrogens with zero attached hydrogens (tertiary/aromatic N) is 2. The predicted molar refractivity (Wildman–Crippen MR) is 92.1 cm³/mol. The first-order chi connectivity index (χ1) is 13.0. The van der Waals surface area contributed by atoms with Crippen LogP contribution in [0.5, 0.6) is 0 Å². The number of benzene rings is 1. The van der Waals surface area contributed by atoms with E-state index >= 15 is 0 Å². The Morgan fingerprint density at radius 3 is 2.32 bits per heavy atom. The molecular formula is C17H21F4N3O3S. The van der Waals surface area contributed by atoms with E-state index in [0.717, 1.165) is 10.7 Å². The van der Waals surface area contributed by atoms with E-state index in [-0.39, 0.29) is 25.2 Å². The second kappa shape index (κ2) is 7.60. The van der Waals surface area contributed by atoms with Gasteiger partial charge in [-0.1, -0.05) is 0 Å². The smallest absolute Gasteiger partial charge is 0.368 e. The van der Waals surface area contributed by atoms with Gasteiger partial charge in [-0.2, -0.15) is 17.5 Å². The summed E-state index contributed by atoms with van der Waals surface area (Å²) in [5.41, 5.74) is 4.19. The highest BCUT2D eigenvalue weighted by Crippen LogP contribution is 2.33. The minimum absolute atomic E-state index is 0.0324. The maximum atomic E-state index is 14.0. The molecule has 11 heteroatoms. The van der Waals surface area contributed by atoms with E-state index < -0.39 is 38.4 Å². The van der Waals surface area contributed by atoms with Gasteiger partial charge in [0, 0.05) is 19.1 Å². The van der Waals surface area contributed by atoms with Gasteiger partial charge in [0.25, 0.3) is 0 Å². The summed E-state index contributed by atoms with van der Waals surface area (Å²) >= 11 is 0. The second-order valence-corrected chi connectivity index (χ2v) is 8.98. The molecule has 1 aromatic carbocycles. The largest absolute Gasteiger partial charge is 0.416 e. The quantitative estimate of drug-likeness (QED) is 0.751. The molecule has 2 heterocycles. The number of alkyl halides is 3. The Morgan fingerprint density at radius 2 is 1.75 bits per heavy atom. The average molecular weight is 423 g/mol. The number of carbonyl (C=O) groups is 1. The Hall–Kier alpha value is -1.72. The number of piperidine rings is 1. The van der Waals surface area contributed by atoms with E-state index in [2.05, 4.69) is 0 Å². The Morgan fingerprint density at radius 1 is 1.11 bits per heavy atom. The van der Waals surface area contributed by atoms with Gasteiger partial charge in [0.15, 0.2) is 0 Å². The van der Waals surface area contributed by atoms with Crippen LogP contribution < -0.4 is 5.73 Å². The number of sulfonamides is 1. The lowest BCUT2D eigenvalue weighted by molar-refractivity contribution is -0.137. The van der Waals surface area contributed by atoms with Gasteiger partial charge < -0.3 is 5.73 Å². The fourth-order valence-corrected chi connectivity index (χ4v) is 5.52. The average Bonchev–Trinajstić information content (AvgIpc) is 3.11. The fourth-order valence-electron chi connectivity index (χ4n) is 3.96. The molecule has 2 fully saturated rings. The summed E-state index contributed by atoms with van der Waals surface area (Å²) in [6.07, 6.45) is -2.51. The highest BCUT2D eigenvalue weighted by Gasteiger charge is 2.39. The molecule has 1 amide bonds. The lowest BCUT2D eigenvalue weighted by Gasteiger charge is -2.38. The molecule has 2 saturated heterocycles. The first-order valence-corrected chi connectivity index (χ1v) is 10.4. The third-order valence-corrected chi connectivity index (χ3v) is 7.31. The molecule has 0 saturated carbocycles. The van der Waals surface area contributed by atoms with Crippen molar-refractivity contribution in [2.75, 3.05) is 19.6 Å². The SMILES string of the molecule is NC(=O)C1CCCN1C1CCN(S(=O)(=O)c2cc(C(F)(F)F)ccc2F)CC1. The van der Waals surface area contributed by atoms with Crippen LogP contribution in [-0.2, 0) is 21.0 Å². The summed E-state index contributed by atoms with van der Waals surface area (Å²) in [4.78, 5) is 12.5. The molecule has 6 nitrogen and oxygen atoms in total. The number of primary amides is 1. The van der Waals surface area contributed by atoms with Gasteiger partial charge in [-0.15, -0.1) is 0 Å². The van der Waals surface area contributed by atoms with Crippen molar-refractivity contribution in [1.29, 1.82) is 0 Å². The van der Waals surface area contributed by atoms with E-state index in [0.29, 0.717) is 44.0 Å². The van der Waals surface area contributed by atoms with Gasteiger partial charge in [-0.25, -0.2) is 12.8 Å². The molecule has 2 N–H and O–H groups in total. The number of hydrogen-bond donors (Lipinski definition) is 1. The van der Waals surface area contributed by atoms with Crippen LogP contribution in [0.3, 0.4) is 0 Å². The molecule has 0 spiro atoms. The number of halogens is 4. The van der Waals surface area contributed by atoms with Crippen LogP contribution in [0.15, 0.2) is 23.1 Å². The van der Waals surface area contributed by atoms with Crippen molar-refractivity contribution in [3.8, 4) is 0 Å². The lowest BCUT2D eigenvalue weighted by atomic mass is 10.0. The van der Waals surface area contributed by atoms with E-state index in [4.69, 9.17) is 5.73 Å². The van der Waals surface area contributed by atoms with Crippen molar-refractivity contribution in [2.24, 2.45) is 5.73 Å². The van der Waals surface area contributed by atoms with Crippen molar-refractivity contribution in [3.63, 3.8) is 0 Å². The lowest BCUT2D eigenvalue weighted by Crippen LogP contribution is -2.51. The van der Waals surface area contributed by atoms with Crippen LogP contribution >= 0.6 is 0 Å².